The van der Waals surface area contributed by atoms with E-state index in [1.807, 2.05) is 6.92 Å². The van der Waals surface area contributed by atoms with Crippen LogP contribution in [0.25, 0.3) is 0 Å². The predicted octanol–water partition coefficient (Wildman–Crippen LogP) is 1.18. The third kappa shape index (κ3) is 2.04. The Labute approximate surface area is 115 Å². The quantitative estimate of drug-likeness (QED) is 0.883. The van der Waals surface area contributed by atoms with Crippen LogP contribution in [0, 0.1) is 18.8 Å². The minimum atomic E-state index is -0.443. The highest BCUT2D eigenvalue weighted by atomic mass is 32.1. The number of rotatable bonds is 2. The lowest BCUT2D eigenvalue weighted by atomic mass is 9.94. The smallest absolute Gasteiger partial charge is 0.274 e. The molecule has 0 spiro atoms. The molecule has 6 heteroatoms. The topological polar surface area (TPSA) is 76.3 Å². The molecular weight excluding hydrogens is 262 g/mol. The van der Waals surface area contributed by atoms with Crippen LogP contribution in [-0.2, 0) is 4.79 Å². The summed E-state index contributed by atoms with van der Waals surface area (Å²) >= 11 is 1.31. The summed E-state index contributed by atoms with van der Waals surface area (Å²) in [6.07, 6.45) is 3.23. The number of nitrogens with two attached hydrogens (primary N) is 1. The maximum absolute atomic E-state index is 12.5. The molecule has 1 saturated heterocycles. The summed E-state index contributed by atoms with van der Waals surface area (Å²) in [7, 11) is 0. The van der Waals surface area contributed by atoms with Gasteiger partial charge in [-0.05, 0) is 49.2 Å². The molecule has 1 aliphatic carbocycles. The molecule has 0 bridgehead atoms. The van der Waals surface area contributed by atoms with Crippen LogP contribution in [0.1, 0.15) is 34.6 Å². The summed E-state index contributed by atoms with van der Waals surface area (Å²) in [5.41, 5.74) is 5.95. The van der Waals surface area contributed by atoms with Crippen molar-refractivity contribution < 1.29 is 9.59 Å². The first-order valence-corrected chi connectivity index (χ1v) is 7.39. The van der Waals surface area contributed by atoms with Crippen LogP contribution in [0.4, 0.5) is 0 Å². The summed E-state index contributed by atoms with van der Waals surface area (Å²) in [6, 6.07) is 1.33. The van der Waals surface area contributed by atoms with Gasteiger partial charge in [-0.15, -0.1) is 0 Å². The molecule has 19 heavy (non-hydrogen) atoms. The molecule has 1 aromatic heterocycles. The summed E-state index contributed by atoms with van der Waals surface area (Å²) in [5.74, 6) is 0.152. The Kier molecular flexibility index (Phi) is 3.05. The van der Waals surface area contributed by atoms with Gasteiger partial charge in [0.15, 0.2) is 0 Å². The Morgan fingerprint density at radius 3 is 2.89 bits per heavy atom. The van der Waals surface area contributed by atoms with Gasteiger partial charge in [-0.3, -0.25) is 9.59 Å². The van der Waals surface area contributed by atoms with Gasteiger partial charge in [0.1, 0.15) is 11.7 Å². The highest BCUT2D eigenvalue weighted by Crippen LogP contribution is 2.42. The van der Waals surface area contributed by atoms with E-state index in [0.29, 0.717) is 18.2 Å². The van der Waals surface area contributed by atoms with Gasteiger partial charge in [0.05, 0.1) is 0 Å². The van der Waals surface area contributed by atoms with Crippen LogP contribution in [0.15, 0.2) is 6.07 Å². The Morgan fingerprint density at radius 2 is 2.26 bits per heavy atom. The summed E-state index contributed by atoms with van der Waals surface area (Å²) < 4.78 is 4.15. The second-order valence-corrected chi connectivity index (χ2v) is 6.49. The molecular formula is C13H17N3O2S. The fourth-order valence-electron chi connectivity index (χ4n) is 3.49. The fourth-order valence-corrected chi connectivity index (χ4v) is 4.03. The monoisotopic (exact) mass is 279 g/mol. The Balaban J connectivity index is 1.87. The number of carbonyl (C=O) groups excluding carboxylic acids is 2. The number of aryl methyl sites for hydroxylation is 1. The van der Waals surface area contributed by atoms with Gasteiger partial charge in [0.2, 0.25) is 5.91 Å². The number of hydrogen-bond acceptors (Lipinski definition) is 4. The lowest BCUT2D eigenvalue weighted by Gasteiger charge is -2.24. The van der Waals surface area contributed by atoms with E-state index < -0.39 is 6.04 Å². The Hall–Kier alpha value is -1.43. The van der Waals surface area contributed by atoms with Crippen molar-refractivity contribution in [3.05, 3.63) is 16.6 Å². The summed E-state index contributed by atoms with van der Waals surface area (Å²) in [6.45, 7) is 2.56. The molecule has 2 amide bonds. The molecule has 3 unspecified atom stereocenters. The van der Waals surface area contributed by atoms with Crippen molar-refractivity contribution in [3.63, 3.8) is 0 Å². The van der Waals surface area contributed by atoms with E-state index in [-0.39, 0.29) is 17.7 Å². The molecule has 3 atom stereocenters. The van der Waals surface area contributed by atoms with Gasteiger partial charge in [-0.1, -0.05) is 6.42 Å². The average molecular weight is 279 g/mol. The van der Waals surface area contributed by atoms with Gasteiger partial charge < -0.3 is 10.6 Å². The van der Waals surface area contributed by atoms with Crippen molar-refractivity contribution in [3.8, 4) is 0 Å². The number of carbonyl (C=O) groups is 2. The van der Waals surface area contributed by atoms with E-state index in [1.165, 1.54) is 11.5 Å². The average Bonchev–Trinajstić information content (AvgIpc) is 3.00. The molecule has 2 heterocycles. The normalized spacial score (nSPS) is 29.5. The molecule has 0 radical (unpaired) electrons. The number of hydrogen-bond donors (Lipinski definition) is 1. The van der Waals surface area contributed by atoms with E-state index in [0.717, 1.165) is 24.1 Å². The Morgan fingerprint density at radius 1 is 1.47 bits per heavy atom. The lowest BCUT2D eigenvalue weighted by molar-refractivity contribution is -0.122. The number of fused-ring (bicyclic) bond motifs is 1. The first kappa shape index (κ1) is 12.6. The molecule has 1 aliphatic heterocycles. The molecule has 2 aliphatic rings. The van der Waals surface area contributed by atoms with Gasteiger partial charge in [-0.25, -0.2) is 0 Å². The minimum Gasteiger partial charge on any atom is -0.368 e. The van der Waals surface area contributed by atoms with Crippen LogP contribution in [0.2, 0.25) is 0 Å². The lowest BCUT2D eigenvalue weighted by Crippen LogP contribution is -2.46. The maximum atomic E-state index is 12.5. The summed E-state index contributed by atoms with van der Waals surface area (Å²) in [4.78, 5) is 26.8. The van der Waals surface area contributed by atoms with Crippen molar-refractivity contribution >= 4 is 23.3 Å². The number of nitrogens with zero attached hydrogens (tertiary/aromatic N) is 2. The Bertz CT molecular complexity index is 528. The van der Waals surface area contributed by atoms with Crippen LogP contribution >= 0.6 is 11.5 Å². The van der Waals surface area contributed by atoms with Gasteiger partial charge in [0.25, 0.3) is 5.91 Å². The third-order valence-electron chi connectivity index (χ3n) is 4.29. The zero-order valence-corrected chi connectivity index (χ0v) is 11.7. The van der Waals surface area contributed by atoms with E-state index in [4.69, 9.17) is 5.73 Å². The van der Waals surface area contributed by atoms with Crippen LogP contribution in [0.5, 0.6) is 0 Å². The molecule has 2 N–H and O–H groups in total. The van der Waals surface area contributed by atoms with Crippen molar-refractivity contribution in [2.75, 3.05) is 6.54 Å². The van der Waals surface area contributed by atoms with Crippen molar-refractivity contribution in [1.82, 2.24) is 9.27 Å². The largest absolute Gasteiger partial charge is 0.368 e. The second-order valence-electron chi connectivity index (χ2n) is 5.48. The molecule has 102 valence electrons. The highest BCUT2D eigenvalue weighted by Gasteiger charge is 2.48. The first-order valence-electron chi connectivity index (χ1n) is 6.61. The van der Waals surface area contributed by atoms with Crippen LogP contribution < -0.4 is 5.73 Å². The SMILES string of the molecule is Cc1cc(C(=O)N2CC3CCCC3C2C(N)=O)ns1. The number of primary amides is 1. The second kappa shape index (κ2) is 4.59. The number of amides is 2. The van der Waals surface area contributed by atoms with E-state index in [2.05, 4.69) is 4.37 Å². The number of likely N-dealkylation sites (tertiary alicyclic amines) is 1. The first-order chi connectivity index (χ1) is 9.08. The molecule has 1 aromatic rings. The highest BCUT2D eigenvalue weighted by molar-refractivity contribution is 7.05. The molecule has 0 aromatic carbocycles. The van der Waals surface area contributed by atoms with Crippen molar-refractivity contribution in [1.29, 1.82) is 0 Å². The minimum absolute atomic E-state index is 0.150. The van der Waals surface area contributed by atoms with Crippen molar-refractivity contribution in [2.24, 2.45) is 17.6 Å². The standard InChI is InChI=1S/C13H17N3O2S/c1-7-5-10(15-19-7)13(18)16-6-8-3-2-4-9(8)11(16)12(14)17/h5,8-9,11H,2-4,6H2,1H3,(H2,14,17). The third-order valence-corrected chi connectivity index (χ3v) is 4.98. The van der Waals surface area contributed by atoms with Crippen LogP contribution in [0.3, 0.4) is 0 Å². The number of aromatic nitrogens is 1. The fraction of sp³-hybridized carbons (Fsp3) is 0.615. The summed E-state index contributed by atoms with van der Waals surface area (Å²) in [5, 5.41) is 0. The van der Waals surface area contributed by atoms with Gasteiger partial charge in [0, 0.05) is 11.4 Å². The van der Waals surface area contributed by atoms with E-state index in [9.17, 15) is 9.59 Å². The van der Waals surface area contributed by atoms with Gasteiger partial charge in [-0.2, -0.15) is 4.37 Å². The zero-order chi connectivity index (χ0) is 13.6. The molecule has 1 saturated carbocycles. The predicted molar refractivity (Wildman–Crippen MR) is 71.7 cm³/mol. The van der Waals surface area contributed by atoms with E-state index in [1.54, 1.807) is 11.0 Å². The molecule has 5 nitrogen and oxygen atoms in total. The van der Waals surface area contributed by atoms with Gasteiger partial charge >= 0.3 is 0 Å². The zero-order valence-electron chi connectivity index (χ0n) is 10.8. The molecule has 3 rings (SSSR count). The maximum Gasteiger partial charge on any atom is 0.274 e. The van der Waals surface area contributed by atoms with E-state index >= 15 is 0 Å². The molecule has 2 fully saturated rings. The van der Waals surface area contributed by atoms with Crippen molar-refractivity contribution in [2.45, 2.75) is 32.2 Å². The van der Waals surface area contributed by atoms with Crippen LogP contribution in [-0.4, -0.2) is 33.7 Å².